The van der Waals surface area contributed by atoms with Crippen molar-refractivity contribution in [3.8, 4) is 0 Å². The van der Waals surface area contributed by atoms with Gasteiger partial charge in [-0.15, -0.1) is 0 Å². The lowest BCUT2D eigenvalue weighted by molar-refractivity contribution is 1.29. The van der Waals surface area contributed by atoms with Crippen molar-refractivity contribution in [2.75, 3.05) is 4.90 Å². The van der Waals surface area contributed by atoms with Crippen molar-refractivity contribution in [2.45, 2.75) is 34.6 Å². The van der Waals surface area contributed by atoms with E-state index in [1.807, 2.05) is 0 Å². The summed E-state index contributed by atoms with van der Waals surface area (Å²) in [6.07, 6.45) is 4.67. The van der Waals surface area contributed by atoms with Crippen molar-refractivity contribution in [3.05, 3.63) is 243 Å². The van der Waals surface area contributed by atoms with E-state index in [2.05, 4.69) is 234 Å². The minimum absolute atomic E-state index is 1.10. The largest absolute Gasteiger partial charge is 0.310 e. The number of anilines is 3. The van der Waals surface area contributed by atoms with Gasteiger partial charge >= 0.3 is 0 Å². The van der Waals surface area contributed by atoms with Crippen molar-refractivity contribution < 1.29 is 0 Å². The van der Waals surface area contributed by atoms with E-state index in [9.17, 15) is 0 Å². The van der Waals surface area contributed by atoms with E-state index in [0.717, 1.165) is 22.6 Å². The van der Waals surface area contributed by atoms with Gasteiger partial charge in [0.25, 0.3) is 0 Å². The van der Waals surface area contributed by atoms with Gasteiger partial charge in [0.15, 0.2) is 0 Å². The van der Waals surface area contributed by atoms with Gasteiger partial charge in [-0.2, -0.15) is 0 Å². The second kappa shape index (κ2) is 16.0. The maximum Gasteiger partial charge on any atom is 0.0540 e. The second-order valence-corrected chi connectivity index (χ2v) is 15.1. The zero-order valence-corrected chi connectivity index (χ0v) is 32.9. The minimum Gasteiger partial charge on any atom is -0.310 e. The molecule has 8 rings (SSSR count). The summed E-state index contributed by atoms with van der Waals surface area (Å²) in [5.74, 6) is 0. The van der Waals surface area contributed by atoms with Gasteiger partial charge in [-0.25, -0.2) is 0 Å². The molecular formula is C55H47N. The summed E-state index contributed by atoms with van der Waals surface area (Å²) in [5, 5.41) is 2.40. The van der Waals surface area contributed by atoms with Gasteiger partial charge in [0, 0.05) is 16.8 Å². The van der Waals surface area contributed by atoms with Crippen LogP contribution in [0.4, 0.5) is 17.1 Å². The third-order valence-corrected chi connectivity index (χ3v) is 10.7. The van der Waals surface area contributed by atoms with Gasteiger partial charge in [0.2, 0.25) is 0 Å². The summed E-state index contributed by atoms with van der Waals surface area (Å²) < 4.78 is 0. The summed E-state index contributed by atoms with van der Waals surface area (Å²) in [7, 11) is 0. The zero-order chi connectivity index (χ0) is 38.6. The molecule has 0 saturated carbocycles. The lowest BCUT2D eigenvalue weighted by Crippen LogP contribution is -2.10. The Kier molecular flexibility index (Phi) is 10.3. The van der Waals surface area contributed by atoms with Crippen LogP contribution in [0.25, 0.3) is 34.1 Å². The van der Waals surface area contributed by atoms with E-state index in [1.54, 1.807) is 0 Å². The Morgan fingerprint density at radius 1 is 0.339 bits per heavy atom. The molecule has 56 heavy (non-hydrogen) atoms. The van der Waals surface area contributed by atoms with E-state index in [1.165, 1.54) is 77.6 Å². The molecule has 0 aromatic heterocycles. The van der Waals surface area contributed by atoms with Gasteiger partial charge in [0.1, 0.15) is 0 Å². The van der Waals surface area contributed by atoms with Crippen molar-refractivity contribution in [2.24, 2.45) is 0 Å². The molecule has 0 unspecified atom stereocenters. The fourth-order valence-corrected chi connectivity index (χ4v) is 7.39. The summed E-state index contributed by atoms with van der Waals surface area (Å²) in [5.41, 5.74) is 19.2. The number of rotatable bonds is 9. The Bertz CT molecular complexity index is 2560. The first-order valence-electron chi connectivity index (χ1n) is 19.5. The molecule has 0 aliphatic heterocycles. The van der Waals surface area contributed by atoms with Crippen LogP contribution in [0, 0.1) is 34.6 Å². The molecule has 0 aliphatic carbocycles. The van der Waals surface area contributed by atoms with Gasteiger partial charge in [-0.3, -0.25) is 0 Å². The maximum absolute atomic E-state index is 2.39. The van der Waals surface area contributed by atoms with E-state index in [0.29, 0.717) is 0 Å². The summed E-state index contributed by atoms with van der Waals surface area (Å²) in [6.45, 7) is 10.7. The standard InChI is InChI=1S/C55H47N/c1-38-10-22-44(23-11-38)53(45-24-12-39(2)13-25-45)36-43-20-33-50(34-21-43)56(49-31-18-42(5)19-32-49)55-35-30-48(51-8-6-7-9-52(51)55)37-54(46-26-14-40(3)15-27-46)47-28-16-41(4)17-29-47/h6-37H,1-5H3. The van der Waals surface area contributed by atoms with Crippen molar-refractivity contribution in [1.29, 1.82) is 0 Å². The molecule has 0 saturated heterocycles. The van der Waals surface area contributed by atoms with Crippen LogP contribution >= 0.6 is 0 Å². The van der Waals surface area contributed by atoms with Gasteiger partial charge in [-0.05, 0) is 127 Å². The van der Waals surface area contributed by atoms with Crippen molar-refractivity contribution in [3.63, 3.8) is 0 Å². The number of hydrogen-bond donors (Lipinski definition) is 0. The second-order valence-electron chi connectivity index (χ2n) is 15.1. The molecule has 1 nitrogen and oxygen atoms in total. The molecule has 0 spiro atoms. The maximum atomic E-state index is 2.39. The Hall–Kier alpha value is -6.70. The number of fused-ring (bicyclic) bond motifs is 1. The third-order valence-electron chi connectivity index (χ3n) is 10.7. The molecule has 0 fully saturated rings. The van der Waals surface area contributed by atoms with Crippen LogP contribution in [-0.4, -0.2) is 0 Å². The van der Waals surface area contributed by atoms with Crippen LogP contribution in [0.5, 0.6) is 0 Å². The molecule has 1 heteroatoms. The number of aryl methyl sites for hydroxylation is 5. The number of hydrogen-bond acceptors (Lipinski definition) is 1. The van der Waals surface area contributed by atoms with Crippen molar-refractivity contribution >= 4 is 51.1 Å². The summed E-state index contributed by atoms with van der Waals surface area (Å²) in [4.78, 5) is 2.39. The Morgan fingerprint density at radius 3 is 1.12 bits per heavy atom. The average molecular weight is 722 g/mol. The molecule has 8 aromatic rings. The van der Waals surface area contributed by atoms with Crippen LogP contribution in [-0.2, 0) is 0 Å². The SMILES string of the molecule is Cc1ccc(C(=Cc2ccc(N(c3ccc(C)cc3)c3ccc(C=C(c4ccc(C)cc4)c4ccc(C)cc4)c4ccccc34)cc2)c2ccc(C)cc2)cc1. The first-order valence-corrected chi connectivity index (χ1v) is 19.5. The molecule has 0 aliphatic rings. The number of benzene rings is 8. The molecule has 0 N–H and O–H groups in total. The molecular weight excluding hydrogens is 675 g/mol. The highest BCUT2D eigenvalue weighted by atomic mass is 15.1. The molecule has 0 atom stereocenters. The fourth-order valence-electron chi connectivity index (χ4n) is 7.39. The van der Waals surface area contributed by atoms with Gasteiger partial charge < -0.3 is 4.90 Å². The zero-order valence-electron chi connectivity index (χ0n) is 32.9. The number of nitrogens with zero attached hydrogens (tertiary/aromatic N) is 1. The Morgan fingerprint density at radius 2 is 0.696 bits per heavy atom. The molecule has 0 heterocycles. The smallest absolute Gasteiger partial charge is 0.0540 e. The van der Waals surface area contributed by atoms with E-state index < -0.39 is 0 Å². The highest BCUT2D eigenvalue weighted by molar-refractivity contribution is 6.06. The Balaban J connectivity index is 1.24. The van der Waals surface area contributed by atoms with Gasteiger partial charge in [0.05, 0.1) is 5.69 Å². The first-order chi connectivity index (χ1) is 27.3. The van der Waals surface area contributed by atoms with Crippen molar-refractivity contribution in [1.82, 2.24) is 0 Å². The van der Waals surface area contributed by atoms with Crippen LogP contribution in [0.2, 0.25) is 0 Å². The quantitative estimate of drug-likeness (QED) is 0.134. The highest BCUT2D eigenvalue weighted by Gasteiger charge is 2.17. The molecule has 0 bridgehead atoms. The molecule has 0 amide bonds. The average Bonchev–Trinajstić information content (AvgIpc) is 3.22. The monoisotopic (exact) mass is 721 g/mol. The van der Waals surface area contributed by atoms with E-state index in [-0.39, 0.29) is 0 Å². The normalized spacial score (nSPS) is 10.9. The fraction of sp³-hybridized carbons (Fsp3) is 0.0909. The van der Waals surface area contributed by atoms with Crippen LogP contribution in [0.1, 0.15) is 61.2 Å². The van der Waals surface area contributed by atoms with Crippen LogP contribution < -0.4 is 4.90 Å². The topological polar surface area (TPSA) is 3.24 Å². The molecule has 8 aromatic carbocycles. The lowest BCUT2D eigenvalue weighted by atomic mass is 9.92. The van der Waals surface area contributed by atoms with E-state index >= 15 is 0 Å². The molecule has 272 valence electrons. The lowest BCUT2D eigenvalue weighted by Gasteiger charge is -2.27. The van der Waals surface area contributed by atoms with Gasteiger partial charge in [-0.1, -0.05) is 179 Å². The summed E-state index contributed by atoms with van der Waals surface area (Å²) in [6, 6.07) is 66.6. The highest BCUT2D eigenvalue weighted by Crippen LogP contribution is 2.41. The predicted molar refractivity (Wildman–Crippen MR) is 242 cm³/mol. The predicted octanol–water partition coefficient (Wildman–Crippen LogP) is 15.0. The van der Waals surface area contributed by atoms with Crippen LogP contribution in [0.3, 0.4) is 0 Å². The Labute approximate surface area is 332 Å². The third kappa shape index (κ3) is 7.90. The summed E-state index contributed by atoms with van der Waals surface area (Å²) >= 11 is 0. The molecule has 0 radical (unpaired) electrons. The van der Waals surface area contributed by atoms with E-state index in [4.69, 9.17) is 0 Å². The van der Waals surface area contributed by atoms with Crippen LogP contribution in [0.15, 0.2) is 182 Å². The minimum atomic E-state index is 1.10. The first kappa shape index (κ1) is 36.3.